The fourth-order valence-electron chi connectivity index (χ4n) is 2.02. The maximum absolute atomic E-state index is 13.3. The molecule has 0 saturated heterocycles. The summed E-state index contributed by atoms with van der Waals surface area (Å²) < 4.78 is 48.9. The van der Waals surface area contributed by atoms with Crippen LogP contribution in [0, 0.1) is 0 Å². The van der Waals surface area contributed by atoms with Crippen LogP contribution in [-0.2, 0) is 27.2 Å². The molecular weight excluding hydrogens is 434 g/mol. The van der Waals surface area contributed by atoms with Crippen LogP contribution < -0.4 is 5.32 Å². The quantitative estimate of drug-likeness (QED) is 0.433. The van der Waals surface area contributed by atoms with Crippen molar-refractivity contribution in [2.75, 3.05) is 31.7 Å². The van der Waals surface area contributed by atoms with Gasteiger partial charge in [-0.2, -0.15) is 0 Å². The molecule has 11 heteroatoms. The summed E-state index contributed by atoms with van der Waals surface area (Å²) >= 11 is 3.33. The molecule has 0 saturated carbocycles. The highest BCUT2D eigenvalue weighted by atomic mass is 79.9. The zero-order valence-corrected chi connectivity index (χ0v) is 18.2. The number of pyridine rings is 1. The van der Waals surface area contributed by atoms with Crippen LogP contribution in [0.15, 0.2) is 22.8 Å². The average Bonchev–Trinajstić information content (AvgIpc) is 2.53. The van der Waals surface area contributed by atoms with Gasteiger partial charge in [-0.05, 0) is 39.8 Å². The van der Waals surface area contributed by atoms with Crippen molar-refractivity contribution in [1.29, 1.82) is 0 Å². The van der Waals surface area contributed by atoms with Crippen molar-refractivity contribution in [2.24, 2.45) is 0 Å². The van der Waals surface area contributed by atoms with Crippen molar-refractivity contribution >= 4 is 36.9 Å². The molecular formula is C14H25BrN2O6P2. The van der Waals surface area contributed by atoms with E-state index >= 15 is 0 Å². The van der Waals surface area contributed by atoms with Gasteiger partial charge in [0, 0.05) is 10.7 Å². The first-order valence-electron chi connectivity index (χ1n) is 8.00. The zero-order valence-electron chi connectivity index (χ0n) is 14.8. The molecule has 0 fully saturated rings. The third kappa shape index (κ3) is 6.43. The minimum atomic E-state index is -3.87. The van der Waals surface area contributed by atoms with Gasteiger partial charge in [0.2, 0.25) is 5.52 Å². The Kier molecular flexibility index (Phi) is 9.82. The van der Waals surface area contributed by atoms with Crippen LogP contribution in [0.1, 0.15) is 27.7 Å². The molecule has 1 rings (SSSR count). The molecule has 0 aromatic carbocycles. The Morgan fingerprint density at radius 3 is 1.80 bits per heavy atom. The lowest BCUT2D eigenvalue weighted by atomic mass is 10.5. The highest BCUT2D eigenvalue weighted by molar-refractivity contribution is 9.10. The lowest BCUT2D eigenvalue weighted by Crippen LogP contribution is -2.26. The molecule has 0 unspecified atom stereocenters. The van der Waals surface area contributed by atoms with Crippen molar-refractivity contribution < 1.29 is 27.2 Å². The van der Waals surface area contributed by atoms with Crippen molar-refractivity contribution in [2.45, 2.75) is 33.2 Å². The van der Waals surface area contributed by atoms with E-state index in [1.54, 1.807) is 46.0 Å². The molecule has 144 valence electrons. The number of hydrogen-bond donors (Lipinski definition) is 1. The minimum Gasteiger partial charge on any atom is -0.346 e. The van der Waals surface area contributed by atoms with Gasteiger partial charge in [0.25, 0.3) is 0 Å². The van der Waals surface area contributed by atoms with Gasteiger partial charge in [0.15, 0.2) is 0 Å². The van der Waals surface area contributed by atoms with E-state index < -0.39 is 20.7 Å². The normalized spacial score (nSPS) is 12.6. The van der Waals surface area contributed by atoms with Gasteiger partial charge >= 0.3 is 15.2 Å². The smallest absolute Gasteiger partial charge is 0.346 e. The summed E-state index contributed by atoms with van der Waals surface area (Å²) in [5, 5.41) is 2.87. The number of rotatable bonds is 12. The van der Waals surface area contributed by atoms with Crippen LogP contribution in [0.25, 0.3) is 0 Å². The number of hydrogen-bond acceptors (Lipinski definition) is 8. The SMILES string of the molecule is CCOP(=O)(OCC)C(Nc1cc(Br)ccn1)P(=O)(OCC)OCC. The molecule has 8 nitrogen and oxygen atoms in total. The number of aromatic nitrogens is 1. The van der Waals surface area contributed by atoms with E-state index in [0.29, 0.717) is 5.82 Å². The summed E-state index contributed by atoms with van der Waals surface area (Å²) in [6.45, 7) is 7.13. The summed E-state index contributed by atoms with van der Waals surface area (Å²) in [4.78, 5) is 4.14. The highest BCUT2D eigenvalue weighted by Crippen LogP contribution is 2.70. The molecule has 0 spiro atoms. The van der Waals surface area contributed by atoms with Crippen molar-refractivity contribution in [3.05, 3.63) is 22.8 Å². The molecule has 0 radical (unpaired) electrons. The Morgan fingerprint density at radius 2 is 1.44 bits per heavy atom. The van der Waals surface area contributed by atoms with Gasteiger partial charge in [-0.25, -0.2) is 4.98 Å². The third-order valence-corrected chi connectivity index (χ3v) is 8.95. The van der Waals surface area contributed by atoms with Crippen LogP contribution in [0.5, 0.6) is 0 Å². The number of anilines is 1. The topological polar surface area (TPSA) is 96.0 Å². The number of nitrogens with zero attached hydrogens (tertiary/aromatic N) is 1. The monoisotopic (exact) mass is 458 g/mol. The van der Waals surface area contributed by atoms with E-state index in [4.69, 9.17) is 18.1 Å². The van der Waals surface area contributed by atoms with E-state index in [0.717, 1.165) is 4.47 Å². The predicted octanol–water partition coefficient (Wildman–Crippen LogP) is 5.07. The standard InChI is InChI=1S/C14H25BrN2O6P2/c1-5-20-24(18,21-6-2)14(25(19,22-7-3)23-8-4)17-13-11-12(15)9-10-16-13/h9-11,14H,5-8H2,1-4H3,(H,16,17). The number of halogens is 1. The molecule has 1 N–H and O–H groups in total. The molecule has 25 heavy (non-hydrogen) atoms. The summed E-state index contributed by atoms with van der Waals surface area (Å²) in [5.41, 5.74) is -1.35. The minimum absolute atomic E-state index is 0.111. The average molecular weight is 459 g/mol. The fraction of sp³-hybridized carbons (Fsp3) is 0.643. The van der Waals surface area contributed by atoms with Crippen LogP contribution in [0.4, 0.5) is 5.82 Å². The summed E-state index contributed by atoms with van der Waals surface area (Å²) in [7, 11) is -7.74. The Hall–Kier alpha value is -0.270. The maximum atomic E-state index is 13.3. The Labute approximate surface area is 157 Å². The van der Waals surface area contributed by atoms with Crippen LogP contribution >= 0.6 is 31.1 Å². The molecule has 0 aliphatic rings. The van der Waals surface area contributed by atoms with Gasteiger partial charge in [0.1, 0.15) is 5.82 Å². The van der Waals surface area contributed by atoms with E-state index in [1.165, 1.54) is 0 Å². The first-order valence-corrected chi connectivity index (χ1v) is 12.0. The summed E-state index contributed by atoms with van der Waals surface area (Å²) in [6, 6.07) is 3.38. The third-order valence-electron chi connectivity index (χ3n) is 2.83. The lowest BCUT2D eigenvalue weighted by Gasteiger charge is -2.31. The molecule has 0 aliphatic heterocycles. The second-order valence-corrected chi connectivity index (χ2v) is 10.2. The molecule has 0 amide bonds. The van der Waals surface area contributed by atoms with Crippen LogP contribution in [0.2, 0.25) is 0 Å². The van der Waals surface area contributed by atoms with E-state index in [-0.39, 0.29) is 26.4 Å². The predicted molar refractivity (Wildman–Crippen MR) is 101 cm³/mol. The summed E-state index contributed by atoms with van der Waals surface area (Å²) in [5.74, 6) is 0.332. The number of nitrogens with one attached hydrogen (secondary N) is 1. The van der Waals surface area contributed by atoms with Crippen LogP contribution in [0.3, 0.4) is 0 Å². The van der Waals surface area contributed by atoms with Crippen molar-refractivity contribution in [1.82, 2.24) is 4.98 Å². The van der Waals surface area contributed by atoms with Crippen molar-refractivity contribution in [3.8, 4) is 0 Å². The largest absolute Gasteiger partial charge is 0.365 e. The lowest BCUT2D eigenvalue weighted by molar-refractivity contribution is 0.198. The first kappa shape index (κ1) is 22.8. The zero-order chi connectivity index (χ0) is 18.9. The van der Waals surface area contributed by atoms with Crippen LogP contribution in [-0.4, -0.2) is 36.9 Å². The Bertz CT molecular complexity index is 583. The van der Waals surface area contributed by atoms with Gasteiger partial charge in [0.05, 0.1) is 26.4 Å². The van der Waals surface area contributed by atoms with Crippen molar-refractivity contribution in [3.63, 3.8) is 0 Å². The Balaban J connectivity index is 3.37. The molecule has 1 aromatic heterocycles. The molecule has 0 atom stereocenters. The molecule has 0 aliphatic carbocycles. The Morgan fingerprint density at radius 1 is 1.00 bits per heavy atom. The summed E-state index contributed by atoms with van der Waals surface area (Å²) in [6.07, 6.45) is 1.54. The maximum Gasteiger partial charge on any atom is 0.365 e. The second kappa shape index (κ2) is 10.8. The van der Waals surface area contributed by atoms with E-state index in [9.17, 15) is 9.13 Å². The van der Waals surface area contributed by atoms with E-state index in [2.05, 4.69) is 26.2 Å². The highest BCUT2D eigenvalue weighted by Gasteiger charge is 2.51. The van der Waals surface area contributed by atoms with Gasteiger partial charge in [-0.1, -0.05) is 15.9 Å². The molecule has 1 heterocycles. The fourth-order valence-corrected chi connectivity index (χ4v) is 7.28. The van der Waals surface area contributed by atoms with Gasteiger partial charge in [-0.3, -0.25) is 9.13 Å². The van der Waals surface area contributed by atoms with E-state index in [1.807, 2.05) is 0 Å². The van der Waals surface area contributed by atoms with Gasteiger partial charge in [-0.15, -0.1) is 0 Å². The molecule has 1 aromatic rings. The molecule has 0 bridgehead atoms. The van der Waals surface area contributed by atoms with Gasteiger partial charge < -0.3 is 23.4 Å². The first-order chi connectivity index (χ1) is 11.8. The second-order valence-electron chi connectivity index (χ2n) is 4.63.